The minimum absolute atomic E-state index is 0.00741. The Hall–Kier alpha value is -2.95. The van der Waals surface area contributed by atoms with Crippen molar-refractivity contribution in [1.82, 2.24) is 4.98 Å². The molecule has 0 radical (unpaired) electrons. The normalized spacial score (nSPS) is 12.8. The lowest BCUT2D eigenvalue weighted by atomic mass is 10.0. The fraction of sp³-hybridized carbons (Fsp3) is 0.118. The van der Waals surface area contributed by atoms with Gasteiger partial charge in [-0.15, -0.1) is 0 Å². The van der Waals surface area contributed by atoms with Crippen molar-refractivity contribution in [3.8, 4) is 34.3 Å². The second-order valence-electron chi connectivity index (χ2n) is 5.25. The second-order valence-corrected chi connectivity index (χ2v) is 5.25. The van der Waals surface area contributed by atoms with Crippen LogP contribution in [0.4, 0.5) is 0 Å². The Balaban J connectivity index is 1.94. The van der Waals surface area contributed by atoms with Gasteiger partial charge in [0, 0.05) is 23.1 Å². The number of hydrogen-bond acceptors (Lipinski definition) is 5. The van der Waals surface area contributed by atoms with Crippen molar-refractivity contribution in [2.24, 2.45) is 0 Å². The Morgan fingerprint density at radius 2 is 1.77 bits per heavy atom. The Morgan fingerprint density at radius 3 is 2.55 bits per heavy atom. The van der Waals surface area contributed by atoms with E-state index in [2.05, 4.69) is 4.98 Å². The molecule has 0 fully saturated rings. The van der Waals surface area contributed by atoms with Gasteiger partial charge in [-0.1, -0.05) is 0 Å². The molecule has 5 heteroatoms. The topological polar surface area (TPSA) is 71.8 Å². The Morgan fingerprint density at radius 1 is 1.00 bits per heavy atom. The minimum atomic E-state index is -0.00741. The molecule has 1 aliphatic rings. The molecule has 1 aromatic heterocycles. The standard InChI is InChI=1S/C17H13NO4/c1-9-4-13(11-3-2-10(19)5-15(11)20)18-14-7-17-16(6-12(9)14)21-8-22-17/h2-7,19-20H,8H2,1H3. The van der Waals surface area contributed by atoms with Crippen LogP contribution in [0, 0.1) is 6.92 Å². The zero-order valence-electron chi connectivity index (χ0n) is 11.8. The van der Waals surface area contributed by atoms with Crippen molar-refractivity contribution in [3.63, 3.8) is 0 Å². The smallest absolute Gasteiger partial charge is 0.231 e. The lowest BCUT2D eigenvalue weighted by Gasteiger charge is -2.09. The summed E-state index contributed by atoms with van der Waals surface area (Å²) in [5.41, 5.74) is 3.00. The number of phenols is 2. The maximum Gasteiger partial charge on any atom is 0.231 e. The van der Waals surface area contributed by atoms with Gasteiger partial charge >= 0.3 is 0 Å². The van der Waals surface area contributed by atoms with Crippen molar-refractivity contribution in [3.05, 3.63) is 42.0 Å². The van der Waals surface area contributed by atoms with Crippen LogP contribution in [0.15, 0.2) is 36.4 Å². The van der Waals surface area contributed by atoms with Gasteiger partial charge in [0.1, 0.15) is 11.5 Å². The molecule has 2 heterocycles. The number of hydrogen-bond donors (Lipinski definition) is 2. The molecular weight excluding hydrogens is 282 g/mol. The molecule has 3 aromatic rings. The third kappa shape index (κ3) is 1.90. The molecule has 0 bridgehead atoms. The van der Waals surface area contributed by atoms with Gasteiger partial charge in [0.25, 0.3) is 0 Å². The Labute approximate surface area is 126 Å². The quantitative estimate of drug-likeness (QED) is 0.720. The van der Waals surface area contributed by atoms with Gasteiger partial charge < -0.3 is 19.7 Å². The molecule has 2 aromatic carbocycles. The van der Waals surface area contributed by atoms with E-state index in [1.165, 1.54) is 12.1 Å². The average Bonchev–Trinajstić information content (AvgIpc) is 2.92. The van der Waals surface area contributed by atoms with Gasteiger partial charge in [0.2, 0.25) is 6.79 Å². The molecule has 0 atom stereocenters. The first kappa shape index (κ1) is 12.8. The molecule has 5 nitrogen and oxygen atoms in total. The number of benzene rings is 2. The van der Waals surface area contributed by atoms with E-state index in [1.54, 1.807) is 6.07 Å². The molecule has 0 amide bonds. The molecule has 110 valence electrons. The van der Waals surface area contributed by atoms with Crippen molar-refractivity contribution >= 4 is 10.9 Å². The van der Waals surface area contributed by atoms with E-state index >= 15 is 0 Å². The highest BCUT2D eigenvalue weighted by Gasteiger charge is 2.17. The Bertz CT molecular complexity index is 905. The number of aryl methyl sites for hydroxylation is 1. The number of ether oxygens (including phenoxy) is 2. The van der Waals surface area contributed by atoms with Crippen LogP contribution in [-0.2, 0) is 0 Å². The lowest BCUT2D eigenvalue weighted by Crippen LogP contribution is -1.92. The fourth-order valence-corrected chi connectivity index (χ4v) is 2.66. The average molecular weight is 295 g/mol. The van der Waals surface area contributed by atoms with Gasteiger partial charge in [-0.2, -0.15) is 0 Å². The number of phenolic OH excluding ortho intramolecular Hbond substituents is 2. The minimum Gasteiger partial charge on any atom is -0.508 e. The van der Waals surface area contributed by atoms with E-state index in [1.807, 2.05) is 25.1 Å². The number of rotatable bonds is 1. The summed E-state index contributed by atoms with van der Waals surface area (Å²) in [6, 6.07) is 10.1. The van der Waals surface area contributed by atoms with Gasteiger partial charge in [-0.05, 0) is 36.8 Å². The SMILES string of the molecule is Cc1cc(-c2ccc(O)cc2O)nc2cc3c(cc12)OCO3. The van der Waals surface area contributed by atoms with Crippen LogP contribution in [0.1, 0.15) is 5.56 Å². The summed E-state index contributed by atoms with van der Waals surface area (Å²) in [6.45, 7) is 2.20. The second kappa shape index (κ2) is 4.53. The van der Waals surface area contributed by atoms with Crippen LogP contribution < -0.4 is 9.47 Å². The molecule has 22 heavy (non-hydrogen) atoms. The van der Waals surface area contributed by atoms with Crippen LogP contribution in [-0.4, -0.2) is 22.0 Å². The number of nitrogens with zero attached hydrogens (tertiary/aromatic N) is 1. The molecule has 0 aliphatic carbocycles. The number of aromatic hydroxyl groups is 2. The lowest BCUT2D eigenvalue weighted by molar-refractivity contribution is 0.174. The maximum atomic E-state index is 10.0. The first-order valence-electron chi connectivity index (χ1n) is 6.85. The molecule has 0 spiro atoms. The highest BCUT2D eigenvalue weighted by Crippen LogP contribution is 2.38. The third-order valence-electron chi connectivity index (χ3n) is 3.77. The zero-order valence-corrected chi connectivity index (χ0v) is 11.8. The molecule has 0 unspecified atom stereocenters. The van der Waals surface area contributed by atoms with E-state index < -0.39 is 0 Å². The number of aromatic nitrogens is 1. The van der Waals surface area contributed by atoms with E-state index in [9.17, 15) is 10.2 Å². The molecule has 0 saturated carbocycles. The molecule has 1 aliphatic heterocycles. The van der Waals surface area contributed by atoms with E-state index in [4.69, 9.17) is 9.47 Å². The van der Waals surface area contributed by atoms with Crippen LogP contribution >= 0.6 is 0 Å². The number of fused-ring (bicyclic) bond motifs is 2. The Kier molecular flexibility index (Phi) is 2.63. The predicted molar refractivity (Wildman–Crippen MR) is 81.4 cm³/mol. The van der Waals surface area contributed by atoms with E-state index in [-0.39, 0.29) is 18.3 Å². The van der Waals surface area contributed by atoms with E-state index in [0.717, 1.165) is 22.2 Å². The van der Waals surface area contributed by atoms with Gasteiger partial charge in [-0.3, -0.25) is 0 Å². The number of pyridine rings is 1. The largest absolute Gasteiger partial charge is 0.508 e. The van der Waals surface area contributed by atoms with Crippen molar-refractivity contribution in [2.75, 3.05) is 6.79 Å². The summed E-state index contributed by atoms with van der Waals surface area (Å²) in [5, 5.41) is 20.4. The van der Waals surface area contributed by atoms with Crippen molar-refractivity contribution in [1.29, 1.82) is 0 Å². The molecular formula is C17H13NO4. The summed E-state index contributed by atoms with van der Waals surface area (Å²) in [7, 11) is 0. The molecule has 2 N–H and O–H groups in total. The summed E-state index contributed by atoms with van der Waals surface area (Å²) in [5.74, 6) is 1.40. The van der Waals surface area contributed by atoms with Crippen LogP contribution in [0.3, 0.4) is 0 Å². The summed E-state index contributed by atoms with van der Waals surface area (Å²) in [6.07, 6.45) is 0. The maximum absolute atomic E-state index is 10.0. The molecule has 0 saturated heterocycles. The molecule has 4 rings (SSSR count). The fourth-order valence-electron chi connectivity index (χ4n) is 2.66. The van der Waals surface area contributed by atoms with Gasteiger partial charge in [0.15, 0.2) is 11.5 Å². The van der Waals surface area contributed by atoms with Crippen LogP contribution in [0.5, 0.6) is 23.0 Å². The van der Waals surface area contributed by atoms with E-state index in [0.29, 0.717) is 17.0 Å². The van der Waals surface area contributed by atoms with Crippen molar-refractivity contribution < 1.29 is 19.7 Å². The van der Waals surface area contributed by atoms with Crippen molar-refractivity contribution in [2.45, 2.75) is 6.92 Å². The highest BCUT2D eigenvalue weighted by molar-refractivity contribution is 5.88. The highest BCUT2D eigenvalue weighted by atomic mass is 16.7. The third-order valence-corrected chi connectivity index (χ3v) is 3.77. The van der Waals surface area contributed by atoms with Crippen LogP contribution in [0.2, 0.25) is 0 Å². The monoisotopic (exact) mass is 295 g/mol. The first-order valence-corrected chi connectivity index (χ1v) is 6.85. The summed E-state index contributed by atoms with van der Waals surface area (Å²) < 4.78 is 10.8. The first-order chi connectivity index (χ1) is 10.6. The predicted octanol–water partition coefficient (Wildman–Crippen LogP) is 3.35. The summed E-state index contributed by atoms with van der Waals surface area (Å²) in [4.78, 5) is 4.60. The van der Waals surface area contributed by atoms with Gasteiger partial charge in [0.05, 0.1) is 11.2 Å². The van der Waals surface area contributed by atoms with Crippen LogP contribution in [0.25, 0.3) is 22.2 Å². The van der Waals surface area contributed by atoms with Gasteiger partial charge in [-0.25, -0.2) is 4.98 Å². The zero-order chi connectivity index (χ0) is 15.3. The summed E-state index contributed by atoms with van der Waals surface area (Å²) >= 11 is 0.